The van der Waals surface area contributed by atoms with E-state index in [2.05, 4.69) is 0 Å². The number of nitrogens with two attached hydrogens (primary N) is 1. The molecule has 0 bridgehead atoms. The molecule has 18 heavy (non-hydrogen) atoms. The van der Waals surface area contributed by atoms with Crippen LogP contribution in [0, 0.1) is 0 Å². The lowest BCUT2D eigenvalue weighted by Crippen LogP contribution is -2.30. The second-order valence-corrected chi connectivity index (χ2v) is 5.12. The molecule has 2 aliphatic rings. The van der Waals surface area contributed by atoms with E-state index in [-0.39, 0.29) is 11.9 Å². The predicted octanol–water partition coefficient (Wildman–Crippen LogP) is 0.693. The van der Waals surface area contributed by atoms with Crippen LogP contribution in [0.5, 0.6) is 0 Å². The smallest absolute Gasteiger partial charge is 0.111 e. The van der Waals surface area contributed by atoms with Gasteiger partial charge < -0.3 is 15.0 Å². The molecule has 0 amide bonds. The van der Waals surface area contributed by atoms with Crippen LogP contribution in [0.25, 0.3) is 11.8 Å². The Hall–Kier alpha value is -1.65. The minimum atomic E-state index is 0.0413. The number of aliphatic hydroxyl groups excluding tert-OH is 1. The summed E-state index contributed by atoms with van der Waals surface area (Å²) in [6, 6.07) is 5.83. The number of aliphatic hydroxyl groups is 1. The molecule has 0 saturated carbocycles. The van der Waals surface area contributed by atoms with Crippen molar-refractivity contribution >= 4 is 29.6 Å². The second kappa shape index (κ2) is 4.55. The fourth-order valence-electron chi connectivity index (χ4n) is 2.16. The van der Waals surface area contributed by atoms with E-state index in [0.29, 0.717) is 5.69 Å². The van der Waals surface area contributed by atoms with Crippen molar-refractivity contribution < 1.29 is 9.29 Å². The van der Waals surface area contributed by atoms with Crippen LogP contribution in [0.1, 0.15) is 0 Å². The summed E-state index contributed by atoms with van der Waals surface area (Å²) in [4.78, 5) is 0. The summed E-state index contributed by atoms with van der Waals surface area (Å²) in [5, 5.41) is 11.4. The Morgan fingerprint density at radius 1 is 1.39 bits per heavy atom. The number of benzene rings is 1. The van der Waals surface area contributed by atoms with Crippen LogP contribution < -0.4 is 16.2 Å². The van der Waals surface area contributed by atoms with E-state index >= 15 is 0 Å². The predicted molar refractivity (Wildman–Crippen MR) is 74.8 cm³/mol. The molecule has 1 aromatic carbocycles. The molecule has 0 fully saturated rings. The Morgan fingerprint density at radius 3 is 3.11 bits per heavy atom. The van der Waals surface area contributed by atoms with Crippen LogP contribution in [0.4, 0.5) is 5.69 Å². The average molecular weight is 259 g/mol. The Balaban J connectivity index is 2.35. The normalized spacial score (nSPS) is 21.1. The van der Waals surface area contributed by atoms with E-state index in [4.69, 9.17) is 9.92 Å². The maximum Gasteiger partial charge on any atom is 0.111 e. The van der Waals surface area contributed by atoms with E-state index in [1.807, 2.05) is 36.4 Å². The van der Waals surface area contributed by atoms with Crippen molar-refractivity contribution in [3.63, 3.8) is 0 Å². The number of anilines is 1. The highest BCUT2D eigenvalue weighted by atomic mass is 32.2. The molecule has 92 valence electrons. The molecule has 0 aromatic heterocycles. The largest absolute Gasteiger partial charge is 0.432 e. The Labute approximate surface area is 109 Å². The topological polar surface area (TPSA) is 55.5 Å². The number of fused-ring (bicyclic) bond motifs is 2. The number of rotatable bonds is 1. The third-order valence-electron chi connectivity index (χ3n) is 3.09. The first-order valence-electron chi connectivity index (χ1n) is 5.70. The highest BCUT2D eigenvalue weighted by molar-refractivity contribution is 7.96. The maximum absolute atomic E-state index is 9.25. The standard InChI is InChI=1S/C14H13NO2S/c15-13-3-1-2-10-11-6-9(7-16)4-5-14(11)18-17-8-12(10)13/h1-6,8,14,16H,7,15H2. The van der Waals surface area contributed by atoms with Gasteiger partial charge in [-0.25, -0.2) is 0 Å². The Bertz CT molecular complexity index is 661. The van der Waals surface area contributed by atoms with Crippen LogP contribution in [0.3, 0.4) is 0 Å². The molecule has 0 saturated heterocycles. The van der Waals surface area contributed by atoms with Gasteiger partial charge in [-0.05, 0) is 22.4 Å². The summed E-state index contributed by atoms with van der Waals surface area (Å²) in [7, 11) is 0. The van der Waals surface area contributed by atoms with Gasteiger partial charge in [0.25, 0.3) is 0 Å². The molecule has 3 nitrogen and oxygen atoms in total. The van der Waals surface area contributed by atoms with Gasteiger partial charge in [-0.3, -0.25) is 0 Å². The van der Waals surface area contributed by atoms with Gasteiger partial charge in [0.05, 0.1) is 23.9 Å². The lowest BCUT2D eigenvalue weighted by atomic mass is 9.98. The molecule has 3 N–H and O–H groups in total. The molecule has 1 atom stereocenters. The van der Waals surface area contributed by atoms with Gasteiger partial charge >= 0.3 is 0 Å². The highest BCUT2D eigenvalue weighted by Gasteiger charge is 2.19. The van der Waals surface area contributed by atoms with Crippen LogP contribution in [-0.2, 0) is 4.18 Å². The van der Waals surface area contributed by atoms with Crippen molar-refractivity contribution in [1.29, 1.82) is 0 Å². The average Bonchev–Trinajstić information content (AvgIpc) is 2.58. The van der Waals surface area contributed by atoms with Gasteiger partial charge in [0.2, 0.25) is 0 Å². The zero-order valence-corrected chi connectivity index (χ0v) is 10.5. The molecule has 1 unspecified atom stereocenters. The van der Waals surface area contributed by atoms with Gasteiger partial charge in [-0.2, -0.15) is 0 Å². The number of allylic oxidation sites excluding steroid dienone is 1. The summed E-state index contributed by atoms with van der Waals surface area (Å²) in [5.74, 6) is 0. The van der Waals surface area contributed by atoms with Crippen LogP contribution >= 0.6 is 12.0 Å². The van der Waals surface area contributed by atoms with E-state index in [0.717, 1.165) is 21.6 Å². The summed E-state index contributed by atoms with van der Waals surface area (Å²) >= 11 is 1.38. The zero-order chi connectivity index (χ0) is 12.5. The first kappa shape index (κ1) is 11.4. The third-order valence-corrected chi connectivity index (χ3v) is 3.92. The summed E-state index contributed by atoms with van der Waals surface area (Å²) < 4.78 is 5.49. The molecule has 1 aliphatic heterocycles. The van der Waals surface area contributed by atoms with Gasteiger partial charge in [0, 0.05) is 10.9 Å². The SMILES string of the molecule is Nc1cccc2c1=COSC1C=CC(CO)=CC=21. The molecular formula is C14H13NO2S. The van der Waals surface area contributed by atoms with Gasteiger partial charge in [-0.15, -0.1) is 0 Å². The summed E-state index contributed by atoms with van der Waals surface area (Å²) in [5.41, 5.74) is 8.71. The maximum atomic E-state index is 9.25. The van der Waals surface area contributed by atoms with Gasteiger partial charge in [0.15, 0.2) is 0 Å². The van der Waals surface area contributed by atoms with Crippen molar-refractivity contribution in [3.05, 3.63) is 52.4 Å². The Morgan fingerprint density at radius 2 is 2.28 bits per heavy atom. The zero-order valence-electron chi connectivity index (χ0n) is 9.67. The summed E-state index contributed by atoms with van der Waals surface area (Å²) in [6.07, 6.45) is 7.68. The van der Waals surface area contributed by atoms with Crippen molar-refractivity contribution in [2.45, 2.75) is 5.25 Å². The number of hydrogen-bond acceptors (Lipinski definition) is 4. The molecule has 4 heteroatoms. The number of hydrogen-bond donors (Lipinski definition) is 2. The lowest BCUT2D eigenvalue weighted by molar-refractivity contribution is 0.335. The van der Waals surface area contributed by atoms with Gasteiger partial charge in [-0.1, -0.05) is 30.4 Å². The fourth-order valence-corrected chi connectivity index (χ4v) is 2.87. The fraction of sp³-hybridized carbons (Fsp3) is 0.143. The van der Waals surface area contributed by atoms with E-state index < -0.39 is 0 Å². The summed E-state index contributed by atoms with van der Waals surface area (Å²) in [6.45, 7) is 0.0413. The molecule has 0 spiro atoms. The van der Waals surface area contributed by atoms with E-state index in [1.165, 1.54) is 12.0 Å². The number of nitrogen functional groups attached to an aromatic ring is 1. The van der Waals surface area contributed by atoms with Crippen molar-refractivity contribution in [2.75, 3.05) is 12.3 Å². The molecule has 1 heterocycles. The third kappa shape index (κ3) is 1.83. The molecule has 1 aromatic rings. The van der Waals surface area contributed by atoms with Crippen molar-refractivity contribution in [2.24, 2.45) is 0 Å². The Kier molecular flexibility index (Phi) is 2.89. The molecular weight excluding hydrogens is 246 g/mol. The minimum absolute atomic E-state index is 0.0413. The van der Waals surface area contributed by atoms with Crippen LogP contribution in [0.15, 0.2) is 42.0 Å². The lowest BCUT2D eigenvalue weighted by Gasteiger charge is -2.16. The van der Waals surface area contributed by atoms with Crippen LogP contribution in [-0.4, -0.2) is 17.0 Å². The second-order valence-electron chi connectivity index (χ2n) is 4.23. The highest BCUT2D eigenvalue weighted by Crippen LogP contribution is 2.29. The molecule has 0 radical (unpaired) electrons. The van der Waals surface area contributed by atoms with Crippen molar-refractivity contribution in [1.82, 2.24) is 0 Å². The molecule has 3 rings (SSSR count). The quantitative estimate of drug-likeness (QED) is 0.575. The first-order valence-corrected chi connectivity index (χ1v) is 6.51. The van der Waals surface area contributed by atoms with Crippen molar-refractivity contribution in [3.8, 4) is 0 Å². The molecule has 1 aliphatic carbocycles. The van der Waals surface area contributed by atoms with E-state index in [1.54, 1.807) is 6.26 Å². The van der Waals surface area contributed by atoms with E-state index in [9.17, 15) is 5.11 Å². The monoisotopic (exact) mass is 259 g/mol. The minimum Gasteiger partial charge on any atom is -0.432 e. The van der Waals surface area contributed by atoms with Gasteiger partial charge in [0.1, 0.15) is 6.26 Å². The first-order chi connectivity index (χ1) is 8.79. The van der Waals surface area contributed by atoms with Crippen LogP contribution in [0.2, 0.25) is 0 Å².